The van der Waals surface area contributed by atoms with E-state index in [4.69, 9.17) is 10.5 Å². The zero-order valence-corrected chi connectivity index (χ0v) is 13.8. The fourth-order valence-corrected chi connectivity index (χ4v) is 3.24. The van der Waals surface area contributed by atoms with Crippen LogP contribution in [-0.2, 0) is 4.79 Å². The molecule has 0 radical (unpaired) electrons. The van der Waals surface area contributed by atoms with Crippen molar-refractivity contribution in [2.75, 3.05) is 18.2 Å². The Labute approximate surface area is 145 Å². The molecule has 0 spiro atoms. The average molecular weight is 334 g/mol. The van der Waals surface area contributed by atoms with Gasteiger partial charge in [-0.1, -0.05) is 30.3 Å². The maximum atomic E-state index is 12.2. The molecule has 1 aliphatic rings. The molecule has 2 aromatic carbocycles. The van der Waals surface area contributed by atoms with Crippen LogP contribution < -0.4 is 15.8 Å². The molecule has 1 unspecified atom stereocenters. The number of aromatic nitrogens is 2. The number of nitrogens with zero attached hydrogens (tertiary/aromatic N) is 2. The SMILES string of the molecule is COc1ccc(C2CC(=O)Nc3nn(-c4ccccc4)c(N)c32)cc1. The van der Waals surface area contributed by atoms with Crippen molar-refractivity contribution in [1.82, 2.24) is 9.78 Å². The Morgan fingerprint density at radius 2 is 1.88 bits per heavy atom. The van der Waals surface area contributed by atoms with Crippen molar-refractivity contribution in [3.63, 3.8) is 0 Å². The fourth-order valence-electron chi connectivity index (χ4n) is 3.24. The molecule has 6 heteroatoms. The summed E-state index contributed by atoms with van der Waals surface area (Å²) in [5.74, 6) is 1.65. The number of carbonyl (C=O) groups excluding carboxylic acids is 1. The number of benzene rings is 2. The lowest BCUT2D eigenvalue weighted by atomic mass is 9.87. The van der Waals surface area contributed by atoms with Crippen LogP contribution in [0.3, 0.4) is 0 Å². The number of carbonyl (C=O) groups is 1. The summed E-state index contributed by atoms with van der Waals surface area (Å²) in [6.07, 6.45) is 0.337. The van der Waals surface area contributed by atoms with E-state index in [0.29, 0.717) is 18.1 Å². The van der Waals surface area contributed by atoms with Gasteiger partial charge in [-0.15, -0.1) is 5.10 Å². The Morgan fingerprint density at radius 3 is 2.56 bits per heavy atom. The minimum absolute atomic E-state index is 0.0639. The number of rotatable bonds is 3. The smallest absolute Gasteiger partial charge is 0.226 e. The van der Waals surface area contributed by atoms with Gasteiger partial charge in [0.15, 0.2) is 5.82 Å². The second-order valence-corrected chi connectivity index (χ2v) is 5.97. The standard InChI is InChI=1S/C19H18N4O2/c1-25-14-9-7-12(8-10-14)15-11-16(24)21-19-17(15)18(20)23(22-19)13-5-3-2-4-6-13/h2-10,15H,11,20H2,1H3,(H,21,22,24). The lowest BCUT2D eigenvalue weighted by Crippen LogP contribution is -2.23. The molecule has 0 bridgehead atoms. The molecule has 126 valence electrons. The number of ether oxygens (including phenoxy) is 1. The topological polar surface area (TPSA) is 82.2 Å². The second kappa shape index (κ2) is 5.98. The highest BCUT2D eigenvalue weighted by Gasteiger charge is 2.32. The van der Waals surface area contributed by atoms with Crippen LogP contribution in [0, 0.1) is 0 Å². The first-order chi connectivity index (χ1) is 12.2. The Hall–Kier alpha value is -3.28. The van der Waals surface area contributed by atoms with Gasteiger partial charge in [0.2, 0.25) is 5.91 Å². The highest BCUT2D eigenvalue weighted by molar-refractivity contribution is 5.95. The number of methoxy groups -OCH3 is 1. The summed E-state index contributed by atoms with van der Waals surface area (Å²) >= 11 is 0. The van der Waals surface area contributed by atoms with Gasteiger partial charge in [-0.05, 0) is 29.8 Å². The average Bonchev–Trinajstić information content (AvgIpc) is 2.98. The van der Waals surface area contributed by atoms with E-state index in [9.17, 15) is 4.79 Å². The van der Waals surface area contributed by atoms with Gasteiger partial charge in [-0.25, -0.2) is 4.68 Å². The summed E-state index contributed by atoms with van der Waals surface area (Å²) in [6, 6.07) is 17.3. The van der Waals surface area contributed by atoms with Crippen molar-refractivity contribution in [3.8, 4) is 11.4 Å². The van der Waals surface area contributed by atoms with E-state index in [1.54, 1.807) is 11.8 Å². The molecule has 0 saturated carbocycles. The Bertz CT molecular complexity index is 917. The molecule has 3 N–H and O–H groups in total. The molecule has 1 amide bonds. The first-order valence-electron chi connectivity index (χ1n) is 8.05. The van der Waals surface area contributed by atoms with Crippen molar-refractivity contribution in [2.45, 2.75) is 12.3 Å². The summed E-state index contributed by atoms with van der Waals surface area (Å²) in [6.45, 7) is 0. The summed E-state index contributed by atoms with van der Waals surface area (Å²) in [5.41, 5.74) is 9.13. The van der Waals surface area contributed by atoms with Gasteiger partial charge in [0.1, 0.15) is 11.6 Å². The lowest BCUT2D eigenvalue weighted by molar-refractivity contribution is -0.116. The summed E-state index contributed by atoms with van der Waals surface area (Å²) in [7, 11) is 1.63. The van der Waals surface area contributed by atoms with Crippen molar-refractivity contribution >= 4 is 17.5 Å². The zero-order chi connectivity index (χ0) is 17.4. The number of nitrogen functional groups attached to an aromatic ring is 1. The van der Waals surface area contributed by atoms with E-state index in [-0.39, 0.29) is 11.8 Å². The van der Waals surface area contributed by atoms with Gasteiger partial charge in [-0.3, -0.25) is 4.79 Å². The number of hydrogen-bond donors (Lipinski definition) is 2. The first-order valence-corrected chi connectivity index (χ1v) is 8.05. The van der Waals surface area contributed by atoms with Crippen LogP contribution in [0.4, 0.5) is 11.6 Å². The van der Waals surface area contributed by atoms with E-state index in [0.717, 1.165) is 22.6 Å². The number of para-hydroxylation sites is 1. The van der Waals surface area contributed by atoms with Crippen molar-refractivity contribution < 1.29 is 9.53 Å². The van der Waals surface area contributed by atoms with Gasteiger partial charge < -0.3 is 15.8 Å². The highest BCUT2D eigenvalue weighted by Crippen LogP contribution is 2.41. The predicted octanol–water partition coefficient (Wildman–Crippen LogP) is 2.94. The van der Waals surface area contributed by atoms with Crippen LogP contribution in [0.2, 0.25) is 0 Å². The number of hydrogen-bond acceptors (Lipinski definition) is 4. The number of nitrogens with one attached hydrogen (secondary N) is 1. The fraction of sp³-hybridized carbons (Fsp3) is 0.158. The third-order valence-electron chi connectivity index (χ3n) is 4.47. The summed E-state index contributed by atoms with van der Waals surface area (Å²) in [5, 5.41) is 7.35. The third-order valence-corrected chi connectivity index (χ3v) is 4.47. The quantitative estimate of drug-likeness (QED) is 0.771. The Kier molecular flexibility index (Phi) is 3.65. The molecule has 3 aromatic rings. The van der Waals surface area contributed by atoms with E-state index in [1.165, 1.54) is 0 Å². The second-order valence-electron chi connectivity index (χ2n) is 5.97. The molecule has 1 aromatic heterocycles. The van der Waals surface area contributed by atoms with Gasteiger partial charge in [0.05, 0.1) is 12.8 Å². The molecular formula is C19H18N4O2. The molecule has 2 heterocycles. The molecule has 1 atom stereocenters. The van der Waals surface area contributed by atoms with Crippen LogP contribution in [0.5, 0.6) is 5.75 Å². The Balaban J connectivity index is 1.82. The summed E-state index contributed by atoms with van der Waals surface area (Å²) < 4.78 is 6.89. The predicted molar refractivity (Wildman–Crippen MR) is 96.1 cm³/mol. The summed E-state index contributed by atoms with van der Waals surface area (Å²) in [4.78, 5) is 12.2. The van der Waals surface area contributed by atoms with E-state index < -0.39 is 0 Å². The molecule has 6 nitrogen and oxygen atoms in total. The highest BCUT2D eigenvalue weighted by atomic mass is 16.5. The molecular weight excluding hydrogens is 316 g/mol. The minimum atomic E-state index is -0.132. The molecule has 4 rings (SSSR count). The van der Waals surface area contributed by atoms with Crippen LogP contribution in [0.15, 0.2) is 54.6 Å². The maximum Gasteiger partial charge on any atom is 0.226 e. The van der Waals surface area contributed by atoms with Crippen molar-refractivity contribution in [1.29, 1.82) is 0 Å². The molecule has 25 heavy (non-hydrogen) atoms. The number of nitrogens with two attached hydrogens (primary N) is 1. The molecule has 0 saturated heterocycles. The van der Waals surface area contributed by atoms with Crippen LogP contribution in [-0.4, -0.2) is 22.8 Å². The van der Waals surface area contributed by atoms with Crippen molar-refractivity contribution in [2.24, 2.45) is 0 Å². The molecule has 1 aliphatic heterocycles. The normalized spacial score (nSPS) is 16.2. The lowest BCUT2D eigenvalue weighted by Gasteiger charge is -2.22. The third kappa shape index (κ3) is 2.61. The van der Waals surface area contributed by atoms with Gasteiger partial charge in [-0.2, -0.15) is 0 Å². The van der Waals surface area contributed by atoms with E-state index >= 15 is 0 Å². The Morgan fingerprint density at radius 1 is 1.16 bits per heavy atom. The monoisotopic (exact) mass is 334 g/mol. The van der Waals surface area contributed by atoms with Crippen molar-refractivity contribution in [3.05, 3.63) is 65.7 Å². The van der Waals surface area contributed by atoms with Gasteiger partial charge >= 0.3 is 0 Å². The maximum absolute atomic E-state index is 12.2. The number of fused-ring (bicyclic) bond motifs is 1. The van der Waals surface area contributed by atoms with Gasteiger partial charge in [0.25, 0.3) is 0 Å². The molecule has 0 aliphatic carbocycles. The number of amides is 1. The van der Waals surface area contributed by atoms with E-state index in [2.05, 4.69) is 10.4 Å². The van der Waals surface area contributed by atoms with Crippen LogP contribution in [0.1, 0.15) is 23.5 Å². The number of anilines is 2. The minimum Gasteiger partial charge on any atom is -0.497 e. The first kappa shape index (κ1) is 15.3. The van der Waals surface area contributed by atoms with Crippen LogP contribution >= 0.6 is 0 Å². The van der Waals surface area contributed by atoms with Gasteiger partial charge in [0, 0.05) is 17.9 Å². The largest absolute Gasteiger partial charge is 0.497 e. The molecule has 0 fully saturated rings. The van der Waals surface area contributed by atoms with E-state index in [1.807, 2.05) is 54.6 Å². The zero-order valence-electron chi connectivity index (χ0n) is 13.8. The van der Waals surface area contributed by atoms with Crippen LogP contribution in [0.25, 0.3) is 5.69 Å².